The van der Waals surface area contributed by atoms with Crippen molar-refractivity contribution in [1.82, 2.24) is 20.1 Å². The van der Waals surface area contributed by atoms with Gasteiger partial charge in [-0.05, 0) is 21.0 Å². The minimum atomic E-state index is 0.888. The first-order valence-corrected chi connectivity index (χ1v) is 3.71. The van der Waals surface area contributed by atoms with Gasteiger partial charge in [-0.15, -0.1) is 0 Å². The Hall–Kier alpha value is -0.900. The van der Waals surface area contributed by atoms with E-state index in [4.69, 9.17) is 0 Å². The molecule has 1 aromatic heterocycles. The Morgan fingerprint density at radius 1 is 1.45 bits per heavy atom. The average Bonchev–Trinajstić information content (AvgIpc) is 2.31. The van der Waals surface area contributed by atoms with Crippen LogP contribution in [0.5, 0.6) is 0 Å². The van der Waals surface area contributed by atoms with Crippen molar-refractivity contribution in [3.63, 3.8) is 0 Å². The van der Waals surface area contributed by atoms with Crippen LogP contribution in [0.2, 0.25) is 0 Å². The molecule has 0 saturated heterocycles. The van der Waals surface area contributed by atoms with E-state index in [2.05, 4.69) is 20.1 Å². The number of nitrogens with one attached hydrogen (secondary N) is 1. The van der Waals surface area contributed by atoms with Gasteiger partial charge < -0.3 is 4.90 Å². The number of hydrogen-bond donors (Lipinski definition) is 1. The number of nitrogens with zero attached hydrogens (tertiary/aromatic N) is 3. The number of H-pyrrole nitrogens is 1. The van der Waals surface area contributed by atoms with Gasteiger partial charge in [0.25, 0.3) is 0 Å². The second kappa shape index (κ2) is 3.48. The standard InChI is InChI=1S/C7H14N4/c1-6-8-7(10-9-6)4-5-11(2)3/h4-5H2,1-3H3,(H,8,9,10). The number of aromatic nitrogens is 3. The molecule has 1 aromatic rings. The van der Waals surface area contributed by atoms with Crippen LogP contribution in [-0.4, -0.2) is 40.7 Å². The third kappa shape index (κ3) is 2.67. The quantitative estimate of drug-likeness (QED) is 0.677. The van der Waals surface area contributed by atoms with Crippen LogP contribution in [0.25, 0.3) is 0 Å². The Morgan fingerprint density at radius 2 is 2.18 bits per heavy atom. The zero-order valence-corrected chi connectivity index (χ0v) is 7.26. The molecule has 0 aliphatic rings. The Labute approximate surface area is 66.6 Å². The SMILES string of the molecule is Cc1nc(CCN(C)C)n[nH]1. The van der Waals surface area contributed by atoms with Gasteiger partial charge in [-0.2, -0.15) is 5.10 Å². The van der Waals surface area contributed by atoms with E-state index < -0.39 is 0 Å². The molecule has 0 atom stereocenters. The summed E-state index contributed by atoms with van der Waals surface area (Å²) in [4.78, 5) is 6.31. The topological polar surface area (TPSA) is 44.8 Å². The van der Waals surface area contributed by atoms with Gasteiger partial charge in [0.2, 0.25) is 0 Å². The van der Waals surface area contributed by atoms with Crippen LogP contribution < -0.4 is 0 Å². The summed E-state index contributed by atoms with van der Waals surface area (Å²) in [6.45, 7) is 2.91. The summed E-state index contributed by atoms with van der Waals surface area (Å²) < 4.78 is 0. The molecular weight excluding hydrogens is 140 g/mol. The number of hydrogen-bond acceptors (Lipinski definition) is 3. The highest BCUT2D eigenvalue weighted by molar-refractivity contribution is 4.87. The first kappa shape index (κ1) is 8.20. The molecule has 0 spiro atoms. The van der Waals surface area contributed by atoms with Crippen molar-refractivity contribution >= 4 is 0 Å². The lowest BCUT2D eigenvalue weighted by atomic mass is 10.4. The molecule has 0 aliphatic heterocycles. The van der Waals surface area contributed by atoms with Gasteiger partial charge in [-0.1, -0.05) is 0 Å². The van der Waals surface area contributed by atoms with Crippen LogP contribution in [0.4, 0.5) is 0 Å². The lowest BCUT2D eigenvalue weighted by Crippen LogP contribution is -2.15. The van der Waals surface area contributed by atoms with E-state index in [1.165, 1.54) is 0 Å². The fraction of sp³-hybridized carbons (Fsp3) is 0.714. The molecule has 0 radical (unpaired) electrons. The Morgan fingerprint density at radius 3 is 2.64 bits per heavy atom. The summed E-state index contributed by atoms with van der Waals surface area (Å²) in [5.74, 6) is 1.79. The van der Waals surface area contributed by atoms with Gasteiger partial charge in [0.05, 0.1) is 0 Å². The molecule has 1 rings (SSSR count). The molecule has 0 amide bonds. The molecule has 0 aliphatic carbocycles. The van der Waals surface area contributed by atoms with Gasteiger partial charge in [0.15, 0.2) is 5.82 Å². The van der Waals surface area contributed by atoms with Gasteiger partial charge in [0, 0.05) is 13.0 Å². The van der Waals surface area contributed by atoms with Crippen LogP contribution in [0.3, 0.4) is 0 Å². The first-order valence-electron chi connectivity index (χ1n) is 3.71. The lowest BCUT2D eigenvalue weighted by Gasteiger charge is -2.05. The van der Waals surface area contributed by atoms with Crippen LogP contribution >= 0.6 is 0 Å². The van der Waals surface area contributed by atoms with Gasteiger partial charge >= 0.3 is 0 Å². The summed E-state index contributed by atoms with van der Waals surface area (Å²) in [5.41, 5.74) is 0. The summed E-state index contributed by atoms with van der Waals surface area (Å²) in [6.07, 6.45) is 0.914. The van der Waals surface area contributed by atoms with Crippen molar-refractivity contribution in [2.24, 2.45) is 0 Å². The van der Waals surface area contributed by atoms with E-state index in [0.717, 1.165) is 24.6 Å². The molecule has 0 aromatic carbocycles. The van der Waals surface area contributed by atoms with Crippen molar-refractivity contribution in [2.45, 2.75) is 13.3 Å². The molecule has 1 N–H and O–H groups in total. The summed E-state index contributed by atoms with van der Waals surface area (Å²) >= 11 is 0. The van der Waals surface area contributed by atoms with Crippen LogP contribution in [0, 0.1) is 6.92 Å². The molecule has 4 heteroatoms. The van der Waals surface area contributed by atoms with Crippen LogP contribution in [-0.2, 0) is 6.42 Å². The van der Waals surface area contributed by atoms with Crippen molar-refractivity contribution in [2.75, 3.05) is 20.6 Å². The third-order valence-corrected chi connectivity index (χ3v) is 1.43. The smallest absolute Gasteiger partial charge is 0.151 e. The van der Waals surface area contributed by atoms with Crippen molar-refractivity contribution < 1.29 is 0 Å². The highest BCUT2D eigenvalue weighted by Crippen LogP contribution is 1.92. The first-order chi connectivity index (χ1) is 5.18. The Kier molecular flexibility index (Phi) is 2.59. The maximum absolute atomic E-state index is 4.19. The highest BCUT2D eigenvalue weighted by atomic mass is 15.2. The number of likely N-dealkylation sites (N-methyl/N-ethyl adjacent to an activating group) is 1. The monoisotopic (exact) mass is 154 g/mol. The molecule has 0 saturated carbocycles. The Balaban J connectivity index is 2.39. The van der Waals surface area contributed by atoms with E-state index in [9.17, 15) is 0 Å². The molecule has 0 bridgehead atoms. The van der Waals surface area contributed by atoms with E-state index in [1.807, 2.05) is 21.0 Å². The third-order valence-electron chi connectivity index (χ3n) is 1.43. The van der Waals surface area contributed by atoms with E-state index in [1.54, 1.807) is 0 Å². The van der Waals surface area contributed by atoms with Crippen LogP contribution in [0.15, 0.2) is 0 Å². The highest BCUT2D eigenvalue weighted by Gasteiger charge is 1.99. The van der Waals surface area contributed by atoms with Crippen molar-refractivity contribution in [3.05, 3.63) is 11.6 Å². The summed E-state index contributed by atoms with van der Waals surface area (Å²) in [7, 11) is 4.08. The maximum atomic E-state index is 4.19. The van der Waals surface area contributed by atoms with Crippen molar-refractivity contribution in [1.29, 1.82) is 0 Å². The molecule has 0 fully saturated rings. The second-order valence-corrected chi connectivity index (χ2v) is 2.89. The molecule has 62 valence electrons. The molecular formula is C7H14N4. The van der Waals surface area contributed by atoms with E-state index in [0.29, 0.717) is 0 Å². The maximum Gasteiger partial charge on any atom is 0.151 e. The average molecular weight is 154 g/mol. The second-order valence-electron chi connectivity index (χ2n) is 2.89. The Bertz CT molecular complexity index is 216. The fourth-order valence-corrected chi connectivity index (χ4v) is 0.824. The van der Waals surface area contributed by atoms with Gasteiger partial charge in [0.1, 0.15) is 5.82 Å². The summed E-state index contributed by atoms with van der Waals surface area (Å²) in [6, 6.07) is 0. The predicted molar refractivity (Wildman–Crippen MR) is 43.4 cm³/mol. The minimum absolute atomic E-state index is 0.888. The molecule has 4 nitrogen and oxygen atoms in total. The lowest BCUT2D eigenvalue weighted by molar-refractivity contribution is 0.409. The zero-order valence-electron chi connectivity index (χ0n) is 7.26. The normalized spacial score (nSPS) is 10.9. The van der Waals surface area contributed by atoms with Gasteiger partial charge in [-0.25, -0.2) is 4.98 Å². The van der Waals surface area contributed by atoms with Gasteiger partial charge in [-0.3, -0.25) is 5.10 Å². The van der Waals surface area contributed by atoms with E-state index >= 15 is 0 Å². The molecule has 1 heterocycles. The predicted octanol–water partition coefficient (Wildman–Crippen LogP) is 0.217. The number of aryl methyl sites for hydroxylation is 1. The van der Waals surface area contributed by atoms with Crippen molar-refractivity contribution in [3.8, 4) is 0 Å². The minimum Gasteiger partial charge on any atom is -0.309 e. The summed E-state index contributed by atoms with van der Waals surface area (Å²) in [5, 5.41) is 6.84. The zero-order chi connectivity index (χ0) is 8.27. The number of rotatable bonds is 3. The fourth-order valence-electron chi connectivity index (χ4n) is 0.824. The van der Waals surface area contributed by atoms with Crippen LogP contribution in [0.1, 0.15) is 11.6 Å². The number of aromatic amines is 1. The largest absolute Gasteiger partial charge is 0.309 e. The molecule has 0 unspecified atom stereocenters. The molecule has 11 heavy (non-hydrogen) atoms. The van der Waals surface area contributed by atoms with E-state index in [-0.39, 0.29) is 0 Å².